The highest BCUT2D eigenvalue weighted by Crippen LogP contribution is 2.28. The summed E-state index contributed by atoms with van der Waals surface area (Å²) in [6.07, 6.45) is 0. The number of anilines is 1. The molecule has 0 bridgehead atoms. The average molecular weight is 532 g/mol. The molecule has 0 saturated carbocycles. The van der Waals surface area contributed by atoms with E-state index in [9.17, 15) is 22.4 Å². The first kappa shape index (κ1) is 27.2. The number of likely N-dealkylation sites (N-methyl/N-ethyl adjacent to an activating group) is 1. The van der Waals surface area contributed by atoms with Crippen LogP contribution in [0.15, 0.2) is 77.7 Å². The zero-order valence-corrected chi connectivity index (χ0v) is 21.7. The Hall–Kier alpha value is -3.43. The van der Waals surface area contributed by atoms with Gasteiger partial charge in [-0.2, -0.15) is 0 Å². The van der Waals surface area contributed by atoms with Gasteiger partial charge in [-0.25, -0.2) is 12.8 Å². The van der Waals surface area contributed by atoms with Crippen LogP contribution in [0.5, 0.6) is 0 Å². The molecule has 0 radical (unpaired) electrons. The van der Waals surface area contributed by atoms with Crippen LogP contribution in [0.4, 0.5) is 10.1 Å². The van der Waals surface area contributed by atoms with E-state index >= 15 is 0 Å². The standard InChI is InChI=1S/C26H27ClFN3O4S/c1-18-13-14-21(15-23(18)27)31(36(34,35)22-10-5-4-6-11-22)17-25(32)30(19(2)26(33)29-3)16-20-9-7-8-12-24(20)28/h4-15,19H,16-17H2,1-3H3,(H,29,33)/t19-/m0/s1. The monoisotopic (exact) mass is 531 g/mol. The third kappa shape index (κ3) is 6.03. The predicted molar refractivity (Wildman–Crippen MR) is 138 cm³/mol. The average Bonchev–Trinajstić information content (AvgIpc) is 2.87. The number of nitrogens with one attached hydrogen (secondary N) is 1. The number of hydrogen-bond donors (Lipinski definition) is 1. The molecule has 0 spiro atoms. The summed E-state index contributed by atoms with van der Waals surface area (Å²) in [5, 5.41) is 2.81. The zero-order chi connectivity index (χ0) is 26.5. The van der Waals surface area contributed by atoms with Gasteiger partial charge in [0.15, 0.2) is 0 Å². The van der Waals surface area contributed by atoms with Crippen molar-refractivity contribution in [1.29, 1.82) is 0 Å². The summed E-state index contributed by atoms with van der Waals surface area (Å²) < 4.78 is 42.6. The van der Waals surface area contributed by atoms with E-state index < -0.39 is 40.2 Å². The van der Waals surface area contributed by atoms with Crippen LogP contribution in [-0.2, 0) is 26.2 Å². The van der Waals surface area contributed by atoms with E-state index in [0.29, 0.717) is 5.02 Å². The Kier molecular flexibility index (Phi) is 8.70. The van der Waals surface area contributed by atoms with Crippen LogP contribution in [-0.4, -0.2) is 44.8 Å². The van der Waals surface area contributed by atoms with Crippen LogP contribution >= 0.6 is 11.6 Å². The molecular formula is C26H27ClFN3O4S. The molecule has 0 aliphatic heterocycles. The molecule has 0 aromatic heterocycles. The minimum atomic E-state index is -4.19. The predicted octanol–water partition coefficient (Wildman–Crippen LogP) is 4.15. The van der Waals surface area contributed by atoms with E-state index in [0.717, 1.165) is 14.8 Å². The third-order valence-corrected chi connectivity index (χ3v) is 7.96. The fourth-order valence-electron chi connectivity index (χ4n) is 3.59. The maximum atomic E-state index is 14.4. The van der Waals surface area contributed by atoms with Gasteiger partial charge in [-0.05, 0) is 49.7 Å². The fraction of sp³-hybridized carbons (Fsp3) is 0.231. The van der Waals surface area contributed by atoms with Gasteiger partial charge in [0.05, 0.1) is 10.6 Å². The number of hydrogen-bond acceptors (Lipinski definition) is 4. The van der Waals surface area contributed by atoms with Crippen LogP contribution in [0.2, 0.25) is 5.02 Å². The molecule has 7 nitrogen and oxygen atoms in total. The Morgan fingerprint density at radius 3 is 2.28 bits per heavy atom. The second-order valence-electron chi connectivity index (χ2n) is 8.16. The lowest BCUT2D eigenvalue weighted by Crippen LogP contribution is -2.50. The molecule has 3 aromatic rings. The molecule has 1 N–H and O–H groups in total. The molecule has 2 amide bonds. The Morgan fingerprint density at radius 2 is 1.67 bits per heavy atom. The number of carbonyl (C=O) groups excluding carboxylic acids is 2. The third-order valence-electron chi connectivity index (χ3n) is 5.77. The largest absolute Gasteiger partial charge is 0.357 e. The van der Waals surface area contributed by atoms with Gasteiger partial charge in [0, 0.05) is 24.2 Å². The van der Waals surface area contributed by atoms with Gasteiger partial charge in [0.1, 0.15) is 18.4 Å². The number of halogens is 2. The van der Waals surface area contributed by atoms with Gasteiger partial charge >= 0.3 is 0 Å². The quantitative estimate of drug-likeness (QED) is 0.449. The van der Waals surface area contributed by atoms with Crippen molar-refractivity contribution < 1.29 is 22.4 Å². The van der Waals surface area contributed by atoms with Crippen molar-refractivity contribution in [2.45, 2.75) is 31.3 Å². The maximum Gasteiger partial charge on any atom is 0.264 e. The first-order chi connectivity index (χ1) is 17.1. The molecule has 3 rings (SSSR count). The molecule has 0 fully saturated rings. The second kappa shape index (κ2) is 11.5. The van der Waals surface area contributed by atoms with E-state index in [1.165, 1.54) is 50.4 Å². The van der Waals surface area contributed by atoms with Gasteiger partial charge < -0.3 is 10.2 Å². The summed E-state index contributed by atoms with van der Waals surface area (Å²) >= 11 is 6.28. The fourth-order valence-corrected chi connectivity index (χ4v) is 5.19. The number of carbonyl (C=O) groups is 2. The molecule has 0 unspecified atom stereocenters. The maximum absolute atomic E-state index is 14.4. The summed E-state index contributed by atoms with van der Waals surface area (Å²) in [7, 11) is -2.77. The Balaban J connectivity index is 2.06. The van der Waals surface area contributed by atoms with Gasteiger partial charge in [-0.15, -0.1) is 0 Å². The number of aryl methyl sites for hydroxylation is 1. The van der Waals surface area contributed by atoms with Crippen molar-refractivity contribution in [3.63, 3.8) is 0 Å². The van der Waals surface area contributed by atoms with Crippen molar-refractivity contribution in [2.24, 2.45) is 0 Å². The lowest BCUT2D eigenvalue weighted by molar-refractivity contribution is -0.139. The minimum absolute atomic E-state index is 0.0190. The molecule has 0 aliphatic carbocycles. The summed E-state index contributed by atoms with van der Waals surface area (Å²) in [4.78, 5) is 27.2. The van der Waals surface area contributed by atoms with E-state index in [1.807, 2.05) is 0 Å². The number of sulfonamides is 1. The molecule has 36 heavy (non-hydrogen) atoms. The minimum Gasteiger partial charge on any atom is -0.357 e. The van der Waals surface area contributed by atoms with E-state index in [-0.39, 0.29) is 22.7 Å². The highest BCUT2D eigenvalue weighted by Gasteiger charge is 2.32. The van der Waals surface area contributed by atoms with Crippen LogP contribution < -0.4 is 9.62 Å². The number of amides is 2. The summed E-state index contributed by atoms with van der Waals surface area (Å²) in [6.45, 7) is 2.41. The van der Waals surface area contributed by atoms with Gasteiger partial charge in [0.25, 0.3) is 10.0 Å². The number of benzene rings is 3. The van der Waals surface area contributed by atoms with E-state index in [1.54, 1.807) is 43.3 Å². The molecule has 1 atom stereocenters. The zero-order valence-electron chi connectivity index (χ0n) is 20.1. The highest BCUT2D eigenvalue weighted by molar-refractivity contribution is 7.92. The van der Waals surface area contributed by atoms with Gasteiger partial charge in [-0.1, -0.05) is 54.1 Å². The van der Waals surface area contributed by atoms with Gasteiger partial charge in [-0.3, -0.25) is 13.9 Å². The van der Waals surface area contributed by atoms with Crippen molar-refractivity contribution in [3.05, 3.63) is 94.8 Å². The molecule has 0 heterocycles. The lowest BCUT2D eigenvalue weighted by Gasteiger charge is -2.32. The van der Waals surface area contributed by atoms with Crippen molar-refractivity contribution >= 4 is 39.1 Å². The van der Waals surface area contributed by atoms with Crippen molar-refractivity contribution in [1.82, 2.24) is 10.2 Å². The smallest absolute Gasteiger partial charge is 0.264 e. The van der Waals surface area contributed by atoms with Crippen LogP contribution in [0, 0.1) is 12.7 Å². The molecule has 3 aromatic carbocycles. The van der Waals surface area contributed by atoms with Crippen molar-refractivity contribution in [2.75, 3.05) is 17.9 Å². The van der Waals surface area contributed by atoms with Crippen molar-refractivity contribution in [3.8, 4) is 0 Å². The van der Waals surface area contributed by atoms with Crippen LogP contribution in [0.25, 0.3) is 0 Å². The number of rotatable bonds is 9. The Morgan fingerprint density at radius 1 is 1.03 bits per heavy atom. The highest BCUT2D eigenvalue weighted by atomic mass is 35.5. The summed E-state index contributed by atoms with van der Waals surface area (Å²) in [5.41, 5.74) is 1.11. The van der Waals surface area contributed by atoms with E-state index in [2.05, 4.69) is 5.32 Å². The van der Waals surface area contributed by atoms with Crippen LogP contribution in [0.1, 0.15) is 18.1 Å². The normalized spacial score (nSPS) is 12.0. The Labute approximate surface area is 215 Å². The first-order valence-corrected chi connectivity index (χ1v) is 13.0. The number of nitrogens with zero attached hydrogens (tertiary/aromatic N) is 2. The molecule has 10 heteroatoms. The topological polar surface area (TPSA) is 86.8 Å². The molecular weight excluding hydrogens is 505 g/mol. The lowest BCUT2D eigenvalue weighted by atomic mass is 10.1. The molecule has 0 saturated heterocycles. The molecule has 0 aliphatic rings. The summed E-state index contributed by atoms with van der Waals surface area (Å²) in [5.74, 6) is -1.71. The van der Waals surface area contributed by atoms with Gasteiger partial charge in [0.2, 0.25) is 11.8 Å². The van der Waals surface area contributed by atoms with E-state index in [4.69, 9.17) is 11.6 Å². The summed E-state index contributed by atoms with van der Waals surface area (Å²) in [6, 6.07) is 17.2. The second-order valence-corrected chi connectivity index (χ2v) is 10.4. The SMILES string of the molecule is CNC(=O)[C@H](C)N(Cc1ccccc1F)C(=O)CN(c1ccc(C)c(Cl)c1)S(=O)(=O)c1ccccc1. The first-order valence-electron chi connectivity index (χ1n) is 11.1. The molecule has 190 valence electrons. The Bertz CT molecular complexity index is 1350. The van der Waals surface area contributed by atoms with Crippen LogP contribution in [0.3, 0.4) is 0 Å².